The van der Waals surface area contributed by atoms with Crippen molar-refractivity contribution >= 4 is 26.3 Å². The monoisotopic (exact) mass is 313 g/mol. The average molecular weight is 312 g/mol. The molecule has 0 aliphatic heterocycles. The van der Waals surface area contributed by atoms with Crippen molar-refractivity contribution in [3.8, 4) is 0 Å². The minimum absolute atomic E-state index is 0.333. The van der Waals surface area contributed by atoms with Gasteiger partial charge in [0.05, 0.1) is 0 Å². The van der Waals surface area contributed by atoms with Gasteiger partial charge in [-0.05, 0) is 0 Å². The summed E-state index contributed by atoms with van der Waals surface area (Å²) in [6.07, 6.45) is -1.21. The van der Waals surface area contributed by atoms with Crippen LogP contribution in [0.5, 0.6) is 0 Å². The predicted molar refractivity (Wildman–Crippen MR) is 71.9 cm³/mol. The molecule has 0 saturated heterocycles. The van der Waals surface area contributed by atoms with E-state index in [9.17, 15) is 9.59 Å². The van der Waals surface area contributed by atoms with Crippen LogP contribution in [0.15, 0.2) is 30.3 Å². The summed E-state index contributed by atoms with van der Waals surface area (Å²) in [5.74, 6) is 5.22. The first-order valence-electron chi connectivity index (χ1n) is 5.56. The Morgan fingerprint density at radius 2 is 1.61 bits per heavy atom. The van der Waals surface area contributed by atoms with Gasteiger partial charge < -0.3 is 9.84 Å². The van der Waals surface area contributed by atoms with E-state index >= 15 is 0 Å². The summed E-state index contributed by atoms with van der Waals surface area (Å²) in [6.45, 7) is 1.18. The van der Waals surface area contributed by atoms with Crippen LogP contribution in [0.2, 0.25) is 17.3 Å². The van der Waals surface area contributed by atoms with E-state index in [1.807, 2.05) is 0 Å². The van der Waals surface area contributed by atoms with E-state index in [1.54, 1.807) is 30.3 Å². The van der Waals surface area contributed by atoms with E-state index in [1.165, 1.54) is 6.92 Å². The Morgan fingerprint density at radius 3 is 1.94 bits per heavy atom. The molecule has 1 radical (unpaired) electrons. The van der Waals surface area contributed by atoms with Crippen LogP contribution in [0.25, 0.3) is 0 Å². The molecule has 1 unspecified atom stereocenters. The van der Waals surface area contributed by atoms with E-state index in [2.05, 4.69) is 22.0 Å². The SMILES string of the molecule is CC(=O)OC(C(=O)O)c1ccccc1.[CH3][Ge]([CH3])[CH3]. The summed E-state index contributed by atoms with van der Waals surface area (Å²) in [7, 11) is 0. The third-order valence-corrected chi connectivity index (χ3v) is 1.61. The number of hydrogen-bond acceptors (Lipinski definition) is 3. The third-order valence-electron chi connectivity index (χ3n) is 1.61. The van der Waals surface area contributed by atoms with Gasteiger partial charge in [-0.15, -0.1) is 0 Å². The minimum atomic E-state index is -1.21. The molecular formula is C13H19GeO4. The molecule has 0 aromatic heterocycles. The number of esters is 1. The summed E-state index contributed by atoms with van der Waals surface area (Å²) in [6, 6.07) is 8.34. The number of hydrogen-bond donors (Lipinski definition) is 1. The molecule has 1 rings (SSSR count). The molecule has 1 aromatic rings. The molecule has 0 aliphatic rings. The molecule has 0 amide bonds. The second-order valence-corrected chi connectivity index (χ2v) is 10.5. The Bertz CT molecular complexity index is 373. The Morgan fingerprint density at radius 1 is 1.17 bits per heavy atom. The van der Waals surface area contributed by atoms with Crippen molar-refractivity contribution in [3.63, 3.8) is 0 Å². The van der Waals surface area contributed by atoms with Crippen LogP contribution in [0, 0.1) is 0 Å². The van der Waals surface area contributed by atoms with Crippen LogP contribution >= 0.6 is 0 Å². The van der Waals surface area contributed by atoms with Crippen molar-refractivity contribution in [1.82, 2.24) is 0 Å². The second kappa shape index (κ2) is 8.74. The first kappa shape index (κ1) is 16.7. The molecule has 4 nitrogen and oxygen atoms in total. The van der Waals surface area contributed by atoms with Gasteiger partial charge in [-0.25, -0.2) is 4.79 Å². The molecule has 0 bridgehead atoms. The molecule has 18 heavy (non-hydrogen) atoms. The maximum atomic E-state index is 10.8. The van der Waals surface area contributed by atoms with E-state index in [-0.39, 0.29) is 14.3 Å². The van der Waals surface area contributed by atoms with Crippen LogP contribution in [-0.4, -0.2) is 31.4 Å². The second-order valence-electron chi connectivity index (χ2n) is 4.24. The summed E-state index contributed by atoms with van der Waals surface area (Å²) in [4.78, 5) is 21.4. The quantitative estimate of drug-likeness (QED) is 0.688. The molecule has 99 valence electrons. The zero-order valence-electron chi connectivity index (χ0n) is 11.1. The Kier molecular flexibility index (Phi) is 8.11. The van der Waals surface area contributed by atoms with Gasteiger partial charge in [0.2, 0.25) is 6.10 Å². The number of carbonyl (C=O) groups is 2. The topological polar surface area (TPSA) is 63.6 Å². The van der Waals surface area contributed by atoms with Gasteiger partial charge in [0.25, 0.3) is 0 Å². The van der Waals surface area contributed by atoms with E-state index in [0.29, 0.717) is 5.56 Å². The number of carbonyl (C=O) groups excluding carboxylic acids is 1. The molecule has 1 N–H and O–H groups in total. The van der Waals surface area contributed by atoms with Gasteiger partial charge in [-0.1, -0.05) is 30.3 Å². The van der Waals surface area contributed by atoms with Gasteiger partial charge in [0, 0.05) is 12.5 Å². The first-order chi connectivity index (χ1) is 8.34. The molecule has 0 heterocycles. The molecule has 0 aliphatic carbocycles. The van der Waals surface area contributed by atoms with Gasteiger partial charge in [-0.3, -0.25) is 4.79 Å². The predicted octanol–water partition coefficient (Wildman–Crippen LogP) is 2.75. The van der Waals surface area contributed by atoms with Crippen molar-refractivity contribution in [2.24, 2.45) is 0 Å². The van der Waals surface area contributed by atoms with Gasteiger partial charge >= 0.3 is 43.6 Å². The number of carboxylic acids is 1. The Balaban J connectivity index is 0.000000631. The van der Waals surface area contributed by atoms with Crippen molar-refractivity contribution in [1.29, 1.82) is 0 Å². The Labute approximate surface area is 112 Å². The van der Waals surface area contributed by atoms with Gasteiger partial charge in [0.1, 0.15) is 0 Å². The molecule has 0 spiro atoms. The average Bonchev–Trinajstić information content (AvgIpc) is 2.25. The van der Waals surface area contributed by atoms with Crippen LogP contribution in [0.4, 0.5) is 0 Å². The van der Waals surface area contributed by atoms with Crippen LogP contribution < -0.4 is 0 Å². The van der Waals surface area contributed by atoms with E-state index in [4.69, 9.17) is 5.11 Å². The standard InChI is InChI=1S/C10H10O4.C3H9Ge/c1-7(11)14-9(10(12)13)8-5-3-2-4-6-8;1-4(2)3/h2-6,9H,1H3,(H,12,13);1-3H3. The maximum absolute atomic E-state index is 10.8. The number of carboxylic acid groups (broad SMARTS) is 1. The van der Waals surface area contributed by atoms with E-state index < -0.39 is 18.0 Å². The summed E-state index contributed by atoms with van der Waals surface area (Å²) in [5, 5.41) is 8.80. The summed E-state index contributed by atoms with van der Waals surface area (Å²) >= 11 is -0.333. The van der Waals surface area contributed by atoms with Crippen LogP contribution in [-0.2, 0) is 14.3 Å². The summed E-state index contributed by atoms with van der Waals surface area (Å²) in [5.41, 5.74) is 0.454. The Hall–Kier alpha value is -1.30. The molecular weight excluding hydrogens is 293 g/mol. The molecule has 1 atom stereocenters. The number of rotatable bonds is 3. The first-order valence-corrected chi connectivity index (χ1v) is 11.9. The van der Waals surface area contributed by atoms with Crippen molar-refractivity contribution in [2.75, 3.05) is 0 Å². The number of aliphatic carboxylic acids is 1. The van der Waals surface area contributed by atoms with Crippen LogP contribution in [0.3, 0.4) is 0 Å². The molecule has 0 saturated carbocycles. The normalized spacial score (nSPS) is 11.2. The van der Waals surface area contributed by atoms with Crippen LogP contribution in [0.1, 0.15) is 18.6 Å². The van der Waals surface area contributed by atoms with E-state index in [0.717, 1.165) is 0 Å². The number of benzene rings is 1. The van der Waals surface area contributed by atoms with Gasteiger partial charge in [-0.2, -0.15) is 0 Å². The third kappa shape index (κ3) is 7.89. The van der Waals surface area contributed by atoms with Crippen molar-refractivity contribution in [2.45, 2.75) is 30.3 Å². The summed E-state index contributed by atoms with van der Waals surface area (Å²) < 4.78 is 4.66. The fourth-order valence-electron chi connectivity index (χ4n) is 1.05. The zero-order valence-corrected chi connectivity index (χ0v) is 13.2. The fourth-order valence-corrected chi connectivity index (χ4v) is 1.05. The molecule has 0 fully saturated rings. The number of ether oxygens (including phenoxy) is 1. The van der Waals surface area contributed by atoms with Crippen molar-refractivity contribution < 1.29 is 19.4 Å². The molecule has 5 heteroatoms. The van der Waals surface area contributed by atoms with Crippen molar-refractivity contribution in [3.05, 3.63) is 35.9 Å². The zero-order chi connectivity index (χ0) is 14.1. The van der Waals surface area contributed by atoms with Gasteiger partial charge in [0.15, 0.2) is 0 Å². The fraction of sp³-hybridized carbons (Fsp3) is 0.385. The molecule has 1 aromatic carbocycles.